The summed E-state index contributed by atoms with van der Waals surface area (Å²) in [5.41, 5.74) is 1.49. The van der Waals surface area contributed by atoms with Gasteiger partial charge in [-0.25, -0.2) is 0 Å². The monoisotopic (exact) mass is 775 g/mol. The first kappa shape index (κ1) is 46.4. The fourth-order valence-corrected chi connectivity index (χ4v) is 8.04. The summed E-state index contributed by atoms with van der Waals surface area (Å²) >= 11 is 0. The van der Waals surface area contributed by atoms with Gasteiger partial charge < -0.3 is 28.8 Å². The SMILES string of the molecule is CCCCCCCCCCCCCCCCOC[C@H](COCCOCCOCCO)OCCCCCCCCCc1ccc2ccc3cccc4ccc1c2c34. The third-order valence-electron chi connectivity index (χ3n) is 11.3. The molecule has 0 aliphatic heterocycles. The van der Waals surface area contributed by atoms with Gasteiger partial charge in [-0.3, -0.25) is 0 Å². The highest BCUT2D eigenvalue weighted by Crippen LogP contribution is 2.36. The number of aryl methyl sites for hydroxylation is 1. The van der Waals surface area contributed by atoms with Crippen LogP contribution in [0.3, 0.4) is 0 Å². The smallest absolute Gasteiger partial charge is 0.104 e. The third-order valence-corrected chi connectivity index (χ3v) is 11.3. The second kappa shape index (κ2) is 30.7. The minimum Gasteiger partial charge on any atom is -0.394 e. The van der Waals surface area contributed by atoms with Gasteiger partial charge in [0.15, 0.2) is 0 Å². The van der Waals surface area contributed by atoms with Crippen LogP contribution in [0.2, 0.25) is 0 Å². The number of aliphatic hydroxyl groups is 1. The number of rotatable bonds is 38. The lowest BCUT2D eigenvalue weighted by Gasteiger charge is -2.18. The minimum absolute atomic E-state index is 0.0387. The summed E-state index contributed by atoms with van der Waals surface area (Å²) < 4.78 is 29.1. The maximum Gasteiger partial charge on any atom is 0.104 e. The fourth-order valence-electron chi connectivity index (χ4n) is 8.04. The first-order chi connectivity index (χ1) is 27.8. The van der Waals surface area contributed by atoms with E-state index in [1.807, 2.05) is 0 Å². The van der Waals surface area contributed by atoms with E-state index in [-0.39, 0.29) is 12.7 Å². The Morgan fingerprint density at radius 2 is 0.893 bits per heavy atom. The maximum atomic E-state index is 8.81. The normalized spacial score (nSPS) is 12.5. The zero-order valence-electron chi connectivity index (χ0n) is 35.4. The van der Waals surface area contributed by atoms with Crippen LogP contribution in [0.1, 0.15) is 147 Å². The van der Waals surface area contributed by atoms with E-state index in [2.05, 4.69) is 61.5 Å². The summed E-state index contributed by atoms with van der Waals surface area (Å²) in [6.45, 7) is 7.38. The Bertz CT molecular complexity index is 1490. The average molecular weight is 775 g/mol. The van der Waals surface area contributed by atoms with Crippen LogP contribution in [-0.2, 0) is 30.1 Å². The quantitative estimate of drug-likeness (QED) is 0.0361. The molecular weight excluding hydrogens is 697 g/mol. The van der Waals surface area contributed by atoms with Crippen molar-refractivity contribution in [2.45, 2.75) is 154 Å². The second-order valence-corrected chi connectivity index (χ2v) is 16.0. The molecule has 314 valence electrons. The standard InChI is InChI=1S/C50H78O6/c1-2-3-4-5-6-7-8-9-10-11-12-15-18-21-34-54-41-47(42-55-40-39-53-38-37-52-36-33-51)56-35-22-19-16-13-14-17-20-24-43-27-28-46-30-29-44-25-23-26-45-31-32-48(43)50(46)49(44)45/h23,25-32,47,51H,2-22,24,33-42H2,1H3/t47-/m1/s1. The molecule has 4 aromatic carbocycles. The fraction of sp³-hybridized carbons (Fsp3) is 0.680. The zero-order valence-corrected chi connectivity index (χ0v) is 35.4. The van der Waals surface area contributed by atoms with E-state index in [4.69, 9.17) is 28.8 Å². The van der Waals surface area contributed by atoms with Crippen LogP contribution in [0.4, 0.5) is 0 Å². The Kier molecular flexibility index (Phi) is 25.4. The minimum atomic E-state index is -0.0470. The van der Waals surface area contributed by atoms with E-state index in [0.29, 0.717) is 46.2 Å². The van der Waals surface area contributed by atoms with Gasteiger partial charge in [0, 0.05) is 13.2 Å². The predicted molar refractivity (Wildman–Crippen MR) is 237 cm³/mol. The van der Waals surface area contributed by atoms with E-state index in [1.165, 1.54) is 160 Å². The highest BCUT2D eigenvalue weighted by Gasteiger charge is 2.12. The zero-order chi connectivity index (χ0) is 39.1. The number of aliphatic hydroxyl groups excluding tert-OH is 1. The van der Waals surface area contributed by atoms with Crippen molar-refractivity contribution in [1.29, 1.82) is 0 Å². The summed E-state index contributed by atoms with van der Waals surface area (Å²) in [6.07, 6.45) is 28.9. The number of unbranched alkanes of at least 4 members (excludes halogenated alkanes) is 19. The highest BCUT2D eigenvalue weighted by atomic mass is 16.6. The third kappa shape index (κ3) is 18.5. The van der Waals surface area contributed by atoms with Gasteiger partial charge in [0.05, 0.1) is 52.9 Å². The summed E-state index contributed by atoms with van der Waals surface area (Å²) in [5.74, 6) is 0. The van der Waals surface area contributed by atoms with Crippen LogP contribution in [0, 0.1) is 0 Å². The molecule has 0 aliphatic carbocycles. The molecule has 0 saturated heterocycles. The van der Waals surface area contributed by atoms with Crippen molar-refractivity contribution in [2.24, 2.45) is 0 Å². The average Bonchev–Trinajstić information content (AvgIpc) is 3.22. The van der Waals surface area contributed by atoms with Gasteiger partial charge in [-0.05, 0) is 63.6 Å². The Morgan fingerprint density at radius 1 is 0.429 bits per heavy atom. The van der Waals surface area contributed by atoms with Crippen molar-refractivity contribution in [2.75, 3.05) is 66.1 Å². The molecule has 1 N–H and O–H groups in total. The highest BCUT2D eigenvalue weighted by molar-refractivity contribution is 6.23. The van der Waals surface area contributed by atoms with Gasteiger partial charge in [0.2, 0.25) is 0 Å². The number of hydrogen-bond acceptors (Lipinski definition) is 6. The molecular formula is C50H78O6. The Morgan fingerprint density at radius 3 is 1.50 bits per heavy atom. The number of benzene rings is 4. The topological polar surface area (TPSA) is 66.4 Å². The molecule has 0 aromatic heterocycles. The number of ether oxygens (including phenoxy) is 5. The van der Waals surface area contributed by atoms with Gasteiger partial charge >= 0.3 is 0 Å². The van der Waals surface area contributed by atoms with Crippen LogP contribution >= 0.6 is 0 Å². The van der Waals surface area contributed by atoms with Gasteiger partial charge in [0.1, 0.15) is 6.10 Å². The van der Waals surface area contributed by atoms with Crippen molar-refractivity contribution < 1.29 is 28.8 Å². The lowest BCUT2D eigenvalue weighted by Crippen LogP contribution is -2.27. The molecule has 0 radical (unpaired) electrons. The van der Waals surface area contributed by atoms with Gasteiger partial charge in [-0.2, -0.15) is 0 Å². The lowest BCUT2D eigenvalue weighted by molar-refractivity contribution is -0.0698. The van der Waals surface area contributed by atoms with Crippen molar-refractivity contribution in [3.8, 4) is 0 Å². The Hall–Kier alpha value is -2.32. The van der Waals surface area contributed by atoms with Crippen LogP contribution in [-0.4, -0.2) is 77.3 Å². The van der Waals surface area contributed by atoms with Crippen LogP contribution < -0.4 is 0 Å². The van der Waals surface area contributed by atoms with E-state index in [9.17, 15) is 0 Å². The van der Waals surface area contributed by atoms with Crippen molar-refractivity contribution >= 4 is 32.3 Å². The van der Waals surface area contributed by atoms with E-state index < -0.39 is 0 Å². The Labute approximate surface area is 340 Å². The van der Waals surface area contributed by atoms with E-state index in [0.717, 1.165) is 32.5 Å². The van der Waals surface area contributed by atoms with Crippen LogP contribution in [0.5, 0.6) is 0 Å². The molecule has 0 heterocycles. The second-order valence-electron chi connectivity index (χ2n) is 16.0. The lowest BCUT2D eigenvalue weighted by atomic mass is 9.90. The van der Waals surface area contributed by atoms with Gasteiger partial charge in [0.25, 0.3) is 0 Å². The molecule has 6 heteroatoms. The molecule has 4 rings (SSSR count). The predicted octanol–water partition coefficient (Wildman–Crippen LogP) is 12.8. The van der Waals surface area contributed by atoms with Crippen molar-refractivity contribution in [3.63, 3.8) is 0 Å². The van der Waals surface area contributed by atoms with Crippen molar-refractivity contribution in [3.05, 3.63) is 60.2 Å². The summed E-state index contributed by atoms with van der Waals surface area (Å²) in [6, 6.07) is 20.5. The number of hydrogen-bond donors (Lipinski definition) is 1. The van der Waals surface area contributed by atoms with E-state index >= 15 is 0 Å². The summed E-state index contributed by atoms with van der Waals surface area (Å²) in [5, 5.41) is 17.1. The molecule has 56 heavy (non-hydrogen) atoms. The molecule has 0 bridgehead atoms. The summed E-state index contributed by atoms with van der Waals surface area (Å²) in [7, 11) is 0. The molecule has 0 fully saturated rings. The Balaban J connectivity index is 1.02. The first-order valence-corrected chi connectivity index (χ1v) is 23.0. The largest absolute Gasteiger partial charge is 0.394 e. The molecule has 0 amide bonds. The van der Waals surface area contributed by atoms with Gasteiger partial charge in [-0.1, -0.05) is 177 Å². The molecule has 1 atom stereocenters. The van der Waals surface area contributed by atoms with Gasteiger partial charge in [-0.15, -0.1) is 0 Å². The van der Waals surface area contributed by atoms with Crippen molar-refractivity contribution in [1.82, 2.24) is 0 Å². The molecule has 0 aliphatic rings. The first-order valence-electron chi connectivity index (χ1n) is 23.0. The molecule has 0 saturated carbocycles. The molecule has 6 nitrogen and oxygen atoms in total. The molecule has 4 aromatic rings. The summed E-state index contributed by atoms with van der Waals surface area (Å²) in [4.78, 5) is 0. The maximum absolute atomic E-state index is 8.81. The van der Waals surface area contributed by atoms with Crippen LogP contribution in [0.25, 0.3) is 32.3 Å². The molecule has 0 spiro atoms. The van der Waals surface area contributed by atoms with Crippen LogP contribution in [0.15, 0.2) is 54.6 Å². The molecule has 0 unspecified atom stereocenters. The van der Waals surface area contributed by atoms with E-state index in [1.54, 1.807) is 0 Å².